The zero-order chi connectivity index (χ0) is 13.9. The first kappa shape index (κ1) is 14.5. The van der Waals surface area contributed by atoms with E-state index in [1.165, 1.54) is 0 Å². The second kappa shape index (κ2) is 6.02. The summed E-state index contributed by atoms with van der Waals surface area (Å²) in [4.78, 5) is 0.304. The monoisotopic (exact) mass is 387 g/mol. The molecule has 0 bridgehead atoms. The van der Waals surface area contributed by atoms with Crippen LogP contribution in [0, 0.1) is 10.5 Å². The first-order valence-corrected chi connectivity index (χ1v) is 8.35. The van der Waals surface area contributed by atoms with Crippen molar-refractivity contribution in [1.29, 1.82) is 0 Å². The van der Waals surface area contributed by atoms with Crippen LogP contribution in [0.2, 0.25) is 0 Å². The fourth-order valence-electron chi connectivity index (χ4n) is 1.60. The Morgan fingerprint density at radius 3 is 2.42 bits per heavy atom. The lowest BCUT2D eigenvalue weighted by Gasteiger charge is -2.08. The summed E-state index contributed by atoms with van der Waals surface area (Å²) >= 11 is 2.14. The highest BCUT2D eigenvalue weighted by Crippen LogP contribution is 2.17. The van der Waals surface area contributed by atoms with E-state index in [0.29, 0.717) is 11.4 Å². The van der Waals surface area contributed by atoms with E-state index in [4.69, 9.17) is 0 Å². The molecule has 100 valence electrons. The normalized spacial score (nSPS) is 11.5. The molecule has 19 heavy (non-hydrogen) atoms. The summed E-state index contributed by atoms with van der Waals surface area (Å²) in [5.74, 6) is 0. The van der Waals surface area contributed by atoms with Crippen molar-refractivity contribution >= 4 is 32.6 Å². The maximum Gasteiger partial charge on any atom is 0.240 e. The molecule has 0 aliphatic carbocycles. The van der Waals surface area contributed by atoms with Crippen LogP contribution in [0.4, 0.5) is 0 Å². The summed E-state index contributed by atoms with van der Waals surface area (Å²) in [6, 6.07) is 14.6. The summed E-state index contributed by atoms with van der Waals surface area (Å²) in [7, 11) is -3.45. The molecule has 2 rings (SSSR count). The molecule has 0 fully saturated rings. The number of sulfonamides is 1. The van der Waals surface area contributed by atoms with Gasteiger partial charge in [0.25, 0.3) is 0 Å². The third kappa shape index (κ3) is 3.77. The SMILES string of the molecule is Cc1ccc(S(=O)(=O)NCc2ccccc2)cc1I. The lowest BCUT2D eigenvalue weighted by atomic mass is 10.2. The minimum Gasteiger partial charge on any atom is -0.207 e. The van der Waals surface area contributed by atoms with Crippen molar-refractivity contribution in [2.24, 2.45) is 0 Å². The smallest absolute Gasteiger partial charge is 0.207 e. The molecule has 0 aromatic heterocycles. The van der Waals surface area contributed by atoms with E-state index < -0.39 is 10.0 Å². The van der Waals surface area contributed by atoms with Gasteiger partial charge in [-0.15, -0.1) is 0 Å². The molecule has 3 nitrogen and oxygen atoms in total. The lowest BCUT2D eigenvalue weighted by molar-refractivity contribution is 0.581. The van der Waals surface area contributed by atoms with Crippen LogP contribution in [-0.2, 0) is 16.6 Å². The van der Waals surface area contributed by atoms with E-state index >= 15 is 0 Å². The molecule has 2 aromatic rings. The van der Waals surface area contributed by atoms with E-state index in [1.54, 1.807) is 12.1 Å². The molecule has 0 atom stereocenters. The van der Waals surface area contributed by atoms with Crippen LogP contribution in [0.25, 0.3) is 0 Å². The predicted molar refractivity (Wildman–Crippen MR) is 84.4 cm³/mol. The van der Waals surface area contributed by atoms with Crippen molar-refractivity contribution < 1.29 is 8.42 Å². The second-order valence-electron chi connectivity index (χ2n) is 4.22. The van der Waals surface area contributed by atoms with E-state index in [-0.39, 0.29) is 0 Å². The van der Waals surface area contributed by atoms with Crippen LogP contribution < -0.4 is 4.72 Å². The van der Waals surface area contributed by atoms with Crippen LogP contribution >= 0.6 is 22.6 Å². The van der Waals surface area contributed by atoms with Crippen LogP contribution in [0.3, 0.4) is 0 Å². The maximum atomic E-state index is 12.2. The Balaban J connectivity index is 2.16. The van der Waals surface area contributed by atoms with Gasteiger partial charge in [0.05, 0.1) is 4.90 Å². The number of aryl methyl sites for hydroxylation is 1. The molecule has 0 radical (unpaired) electrons. The van der Waals surface area contributed by atoms with E-state index in [2.05, 4.69) is 27.3 Å². The Labute approximate surface area is 127 Å². The fourth-order valence-corrected chi connectivity index (χ4v) is 3.37. The highest BCUT2D eigenvalue weighted by Gasteiger charge is 2.14. The molecule has 0 spiro atoms. The topological polar surface area (TPSA) is 46.2 Å². The summed E-state index contributed by atoms with van der Waals surface area (Å²) in [6.07, 6.45) is 0. The van der Waals surface area contributed by atoms with Gasteiger partial charge in [0.2, 0.25) is 10.0 Å². The molecule has 0 aliphatic rings. The highest BCUT2D eigenvalue weighted by atomic mass is 127. The largest absolute Gasteiger partial charge is 0.240 e. The molecular weight excluding hydrogens is 373 g/mol. The summed E-state index contributed by atoms with van der Waals surface area (Å²) in [6.45, 7) is 2.25. The first-order valence-electron chi connectivity index (χ1n) is 5.79. The zero-order valence-electron chi connectivity index (χ0n) is 10.4. The first-order chi connectivity index (χ1) is 8.99. The second-order valence-corrected chi connectivity index (χ2v) is 7.15. The van der Waals surface area contributed by atoms with Gasteiger partial charge in [-0.2, -0.15) is 0 Å². The molecule has 5 heteroatoms. The summed E-state index contributed by atoms with van der Waals surface area (Å²) in [5, 5.41) is 0. The van der Waals surface area contributed by atoms with Crippen molar-refractivity contribution in [3.05, 3.63) is 63.2 Å². The van der Waals surface area contributed by atoms with Gasteiger partial charge in [0.15, 0.2) is 0 Å². The van der Waals surface area contributed by atoms with Crippen molar-refractivity contribution in [3.8, 4) is 0 Å². The summed E-state index contributed by atoms with van der Waals surface area (Å²) < 4.78 is 27.9. The van der Waals surface area contributed by atoms with Crippen LogP contribution in [0.1, 0.15) is 11.1 Å². The minimum atomic E-state index is -3.45. The van der Waals surface area contributed by atoms with E-state index in [0.717, 1.165) is 14.7 Å². The Hall–Kier alpha value is -0.920. The molecular formula is C14H14INO2S. The van der Waals surface area contributed by atoms with Gasteiger partial charge < -0.3 is 0 Å². The fraction of sp³-hybridized carbons (Fsp3) is 0.143. The van der Waals surface area contributed by atoms with Gasteiger partial charge >= 0.3 is 0 Å². The Morgan fingerprint density at radius 1 is 1.11 bits per heavy atom. The maximum absolute atomic E-state index is 12.2. The standard InChI is InChI=1S/C14H14INO2S/c1-11-7-8-13(9-14(11)15)19(17,18)16-10-12-5-3-2-4-6-12/h2-9,16H,10H2,1H3. The third-order valence-corrected chi connectivity index (χ3v) is 5.32. The Kier molecular flexibility index (Phi) is 4.59. The summed E-state index contributed by atoms with van der Waals surface area (Å²) in [5.41, 5.74) is 2.01. The average Bonchev–Trinajstić information content (AvgIpc) is 2.41. The number of halogens is 1. The number of rotatable bonds is 4. The Bertz CT molecular complexity index is 669. The Morgan fingerprint density at radius 2 is 1.79 bits per heavy atom. The number of hydrogen-bond donors (Lipinski definition) is 1. The van der Waals surface area contributed by atoms with Crippen LogP contribution in [0.5, 0.6) is 0 Å². The molecule has 0 saturated heterocycles. The van der Waals surface area contributed by atoms with Crippen molar-refractivity contribution in [2.45, 2.75) is 18.4 Å². The molecule has 0 saturated carbocycles. The molecule has 2 aromatic carbocycles. The number of nitrogens with one attached hydrogen (secondary N) is 1. The molecule has 1 N–H and O–H groups in total. The van der Waals surface area contributed by atoms with Crippen molar-refractivity contribution in [1.82, 2.24) is 4.72 Å². The van der Waals surface area contributed by atoms with Gasteiger partial charge in [-0.3, -0.25) is 0 Å². The van der Waals surface area contributed by atoms with Gasteiger partial charge in [0, 0.05) is 10.1 Å². The van der Waals surface area contributed by atoms with Crippen LogP contribution in [-0.4, -0.2) is 8.42 Å². The van der Waals surface area contributed by atoms with Crippen molar-refractivity contribution in [3.63, 3.8) is 0 Å². The third-order valence-electron chi connectivity index (χ3n) is 2.76. The van der Waals surface area contributed by atoms with Gasteiger partial charge in [-0.05, 0) is 52.8 Å². The van der Waals surface area contributed by atoms with E-state index in [1.807, 2.05) is 43.3 Å². The molecule has 0 unspecified atom stereocenters. The minimum absolute atomic E-state index is 0.299. The predicted octanol–water partition coefficient (Wildman–Crippen LogP) is 3.08. The van der Waals surface area contributed by atoms with Crippen molar-refractivity contribution in [2.75, 3.05) is 0 Å². The van der Waals surface area contributed by atoms with E-state index in [9.17, 15) is 8.42 Å². The lowest BCUT2D eigenvalue weighted by Crippen LogP contribution is -2.23. The molecule has 0 heterocycles. The zero-order valence-corrected chi connectivity index (χ0v) is 13.4. The van der Waals surface area contributed by atoms with Crippen LogP contribution in [0.15, 0.2) is 53.4 Å². The van der Waals surface area contributed by atoms with Gasteiger partial charge in [-0.1, -0.05) is 36.4 Å². The highest BCUT2D eigenvalue weighted by molar-refractivity contribution is 14.1. The quantitative estimate of drug-likeness (QED) is 0.820. The molecule has 0 amide bonds. The van der Waals surface area contributed by atoms with Gasteiger partial charge in [0.1, 0.15) is 0 Å². The average molecular weight is 387 g/mol. The van der Waals surface area contributed by atoms with Gasteiger partial charge in [-0.25, -0.2) is 13.1 Å². The number of hydrogen-bond acceptors (Lipinski definition) is 2. The number of benzene rings is 2. The molecule has 0 aliphatic heterocycles.